The number of carbonyl (C=O) groups is 2. The van der Waals surface area contributed by atoms with Crippen LogP contribution in [0.2, 0.25) is 5.02 Å². The first-order valence-corrected chi connectivity index (χ1v) is 14.8. The number of sulfonamides is 1. The summed E-state index contributed by atoms with van der Waals surface area (Å²) in [6, 6.07) is 22.2. The smallest absolute Gasteiger partial charge is 0.243 e. The van der Waals surface area contributed by atoms with E-state index in [1.807, 2.05) is 68.4 Å². The molecular weight excluding hydrogens is 534 g/mol. The molecule has 3 rings (SSSR count). The van der Waals surface area contributed by atoms with Gasteiger partial charge >= 0.3 is 0 Å². The summed E-state index contributed by atoms with van der Waals surface area (Å²) in [6.45, 7) is 4.23. The van der Waals surface area contributed by atoms with Gasteiger partial charge in [0.25, 0.3) is 0 Å². The molecule has 0 fully saturated rings. The molecule has 3 aromatic rings. The van der Waals surface area contributed by atoms with E-state index >= 15 is 0 Å². The first-order valence-electron chi connectivity index (χ1n) is 13.0. The normalized spacial score (nSPS) is 12.2. The van der Waals surface area contributed by atoms with E-state index in [9.17, 15) is 18.0 Å². The van der Waals surface area contributed by atoms with Crippen LogP contribution in [0.3, 0.4) is 0 Å². The molecule has 0 radical (unpaired) electrons. The van der Waals surface area contributed by atoms with Crippen LogP contribution in [0.5, 0.6) is 0 Å². The zero-order chi connectivity index (χ0) is 28.4. The highest BCUT2D eigenvalue weighted by atomic mass is 35.5. The highest BCUT2D eigenvalue weighted by Gasteiger charge is 2.33. The zero-order valence-corrected chi connectivity index (χ0v) is 24.2. The number of hydrogen-bond donors (Lipinski definition) is 1. The summed E-state index contributed by atoms with van der Waals surface area (Å²) < 4.78 is 27.4. The maximum absolute atomic E-state index is 13.9. The average molecular weight is 570 g/mol. The van der Waals surface area contributed by atoms with Gasteiger partial charge < -0.3 is 10.2 Å². The number of likely N-dealkylation sites (N-methyl/N-ethyl adjacent to an activating group) is 1. The predicted octanol–water partition coefficient (Wildman–Crippen LogP) is 4.83. The van der Waals surface area contributed by atoms with Gasteiger partial charge in [0.2, 0.25) is 21.8 Å². The Bertz CT molecular complexity index is 1350. The van der Waals surface area contributed by atoms with Gasteiger partial charge in [-0.15, -0.1) is 0 Å². The van der Waals surface area contributed by atoms with Crippen molar-refractivity contribution in [1.29, 1.82) is 0 Å². The van der Waals surface area contributed by atoms with Gasteiger partial charge in [-0.2, -0.15) is 4.31 Å². The fraction of sp³-hybridized carbons (Fsp3) is 0.333. The maximum atomic E-state index is 13.9. The molecule has 0 aliphatic heterocycles. The Morgan fingerprint density at radius 2 is 1.62 bits per heavy atom. The zero-order valence-electron chi connectivity index (χ0n) is 22.6. The van der Waals surface area contributed by atoms with Gasteiger partial charge in [-0.25, -0.2) is 8.42 Å². The van der Waals surface area contributed by atoms with Gasteiger partial charge in [0.15, 0.2) is 0 Å². The molecule has 9 heteroatoms. The lowest BCUT2D eigenvalue weighted by Gasteiger charge is -2.32. The van der Waals surface area contributed by atoms with Crippen LogP contribution >= 0.6 is 11.6 Å². The largest absolute Gasteiger partial charge is 0.354 e. The van der Waals surface area contributed by atoms with Crippen molar-refractivity contribution in [1.82, 2.24) is 14.5 Å². The van der Waals surface area contributed by atoms with E-state index in [1.54, 1.807) is 0 Å². The van der Waals surface area contributed by atoms with E-state index < -0.39 is 28.5 Å². The molecule has 0 aliphatic rings. The summed E-state index contributed by atoms with van der Waals surface area (Å²) in [5, 5.41) is 3.39. The van der Waals surface area contributed by atoms with Crippen molar-refractivity contribution in [2.45, 2.75) is 50.6 Å². The molecule has 39 heavy (non-hydrogen) atoms. The van der Waals surface area contributed by atoms with Crippen molar-refractivity contribution in [3.8, 4) is 0 Å². The van der Waals surface area contributed by atoms with Crippen LogP contribution in [-0.4, -0.2) is 55.6 Å². The van der Waals surface area contributed by atoms with Crippen molar-refractivity contribution in [3.63, 3.8) is 0 Å². The van der Waals surface area contributed by atoms with Crippen LogP contribution in [0.15, 0.2) is 83.8 Å². The standard InChI is InChI=1S/C30H36ClN3O4S/c1-4-5-18-32-30(36)28(20-24-11-7-6-8-12-24)34(21-25-13-9-10-23(2)19-25)29(35)22-33(3)39(37,38)27-16-14-26(31)15-17-27/h6-17,19,28H,4-5,18,20-22H2,1-3H3,(H,32,36)/t28-/m0/s1. The third-order valence-corrected chi connectivity index (χ3v) is 8.49. The second-order valence-corrected chi connectivity index (χ2v) is 12.1. The minimum atomic E-state index is -3.96. The lowest BCUT2D eigenvalue weighted by molar-refractivity contribution is -0.141. The van der Waals surface area contributed by atoms with Crippen molar-refractivity contribution >= 4 is 33.4 Å². The molecule has 0 bridgehead atoms. The second kappa shape index (κ2) is 14.3. The summed E-state index contributed by atoms with van der Waals surface area (Å²) in [4.78, 5) is 28.9. The topological polar surface area (TPSA) is 86.8 Å². The number of hydrogen-bond acceptors (Lipinski definition) is 4. The molecule has 1 N–H and O–H groups in total. The Kier molecular flexibility index (Phi) is 11.1. The van der Waals surface area contributed by atoms with Gasteiger partial charge in [0, 0.05) is 31.6 Å². The molecule has 1 atom stereocenters. The Hall–Kier alpha value is -3.20. The molecule has 0 aromatic heterocycles. The van der Waals surface area contributed by atoms with Crippen molar-refractivity contribution in [2.75, 3.05) is 20.1 Å². The summed E-state index contributed by atoms with van der Waals surface area (Å²) in [7, 11) is -2.60. The van der Waals surface area contributed by atoms with Gasteiger partial charge in [-0.3, -0.25) is 9.59 Å². The van der Waals surface area contributed by atoms with Crippen molar-refractivity contribution < 1.29 is 18.0 Å². The molecule has 0 heterocycles. The molecule has 208 valence electrons. The maximum Gasteiger partial charge on any atom is 0.243 e. The lowest BCUT2D eigenvalue weighted by atomic mass is 10.0. The van der Waals surface area contributed by atoms with E-state index in [-0.39, 0.29) is 17.3 Å². The summed E-state index contributed by atoms with van der Waals surface area (Å²) in [5.41, 5.74) is 2.78. The first-order chi connectivity index (χ1) is 18.6. The molecule has 0 saturated carbocycles. The monoisotopic (exact) mass is 569 g/mol. The van der Waals surface area contributed by atoms with Gasteiger partial charge in [0.05, 0.1) is 11.4 Å². The van der Waals surface area contributed by atoms with E-state index in [0.717, 1.165) is 33.8 Å². The molecule has 2 amide bonds. The lowest BCUT2D eigenvalue weighted by Crippen LogP contribution is -2.53. The Morgan fingerprint density at radius 3 is 2.26 bits per heavy atom. The number of rotatable bonds is 13. The second-order valence-electron chi connectivity index (χ2n) is 9.58. The minimum Gasteiger partial charge on any atom is -0.354 e. The highest BCUT2D eigenvalue weighted by molar-refractivity contribution is 7.89. The van der Waals surface area contributed by atoms with Gasteiger partial charge in [-0.05, 0) is 48.7 Å². The third kappa shape index (κ3) is 8.65. The van der Waals surface area contributed by atoms with E-state index in [4.69, 9.17) is 11.6 Å². The highest BCUT2D eigenvalue weighted by Crippen LogP contribution is 2.20. The quantitative estimate of drug-likeness (QED) is 0.299. The number of nitrogens with zero attached hydrogens (tertiary/aromatic N) is 2. The summed E-state index contributed by atoms with van der Waals surface area (Å²) >= 11 is 5.92. The van der Waals surface area contributed by atoms with Crippen LogP contribution < -0.4 is 5.32 Å². The summed E-state index contributed by atoms with van der Waals surface area (Å²) in [6.07, 6.45) is 2.03. The fourth-order valence-corrected chi connectivity index (χ4v) is 5.47. The number of nitrogens with one attached hydrogen (secondary N) is 1. The predicted molar refractivity (Wildman–Crippen MR) is 155 cm³/mol. The van der Waals surface area contributed by atoms with E-state index in [0.29, 0.717) is 18.0 Å². The molecule has 0 aliphatic carbocycles. The molecule has 3 aromatic carbocycles. The Labute approximate surface area is 236 Å². The van der Waals surface area contributed by atoms with Crippen molar-refractivity contribution in [3.05, 3.63) is 101 Å². The number of aryl methyl sites for hydroxylation is 1. The third-order valence-electron chi connectivity index (χ3n) is 6.42. The van der Waals surface area contributed by atoms with Crippen molar-refractivity contribution in [2.24, 2.45) is 0 Å². The number of amides is 2. The molecule has 0 saturated heterocycles. The van der Waals surface area contributed by atoms with Crippen LogP contribution in [0.25, 0.3) is 0 Å². The molecule has 7 nitrogen and oxygen atoms in total. The number of carbonyl (C=O) groups excluding carboxylic acids is 2. The van der Waals surface area contributed by atoms with Gasteiger partial charge in [0.1, 0.15) is 6.04 Å². The minimum absolute atomic E-state index is 0.0329. The fourth-order valence-electron chi connectivity index (χ4n) is 4.22. The SMILES string of the molecule is CCCCNC(=O)[C@H](Cc1ccccc1)N(Cc1cccc(C)c1)C(=O)CN(C)S(=O)(=O)c1ccc(Cl)cc1. The van der Waals surface area contributed by atoms with Crippen LogP contribution in [0.4, 0.5) is 0 Å². The number of unbranched alkanes of at least 4 members (excludes halogenated alkanes) is 1. The van der Waals surface area contributed by atoms with Crippen LogP contribution in [0, 0.1) is 6.92 Å². The Morgan fingerprint density at radius 1 is 0.949 bits per heavy atom. The van der Waals surface area contributed by atoms with E-state index in [2.05, 4.69) is 5.32 Å². The average Bonchev–Trinajstić information content (AvgIpc) is 2.91. The van der Waals surface area contributed by atoms with Gasteiger partial charge in [-0.1, -0.05) is 85.1 Å². The number of halogens is 1. The Balaban J connectivity index is 1.95. The van der Waals surface area contributed by atoms with Crippen LogP contribution in [0.1, 0.15) is 36.5 Å². The van der Waals surface area contributed by atoms with E-state index in [1.165, 1.54) is 36.2 Å². The number of benzene rings is 3. The molecular formula is C30H36ClN3O4S. The van der Waals surface area contributed by atoms with Crippen LogP contribution in [-0.2, 0) is 32.6 Å². The summed E-state index contributed by atoms with van der Waals surface area (Å²) in [5.74, 6) is -0.736. The molecule has 0 spiro atoms. The molecule has 0 unspecified atom stereocenters. The first kappa shape index (κ1) is 30.3.